The predicted molar refractivity (Wildman–Crippen MR) is 137 cm³/mol. The van der Waals surface area contributed by atoms with Gasteiger partial charge in [0, 0.05) is 46.9 Å². The molecular weight excluding hydrogens is 450 g/mol. The third-order valence-corrected chi connectivity index (χ3v) is 7.71. The Morgan fingerprint density at radius 3 is 2.52 bits per heavy atom. The molecule has 170 valence electrons. The molecular formula is C26H27N3O2S2. The van der Waals surface area contributed by atoms with Crippen molar-refractivity contribution in [1.82, 2.24) is 9.88 Å². The second kappa shape index (κ2) is 10.4. The van der Waals surface area contributed by atoms with E-state index in [4.69, 9.17) is 0 Å². The van der Waals surface area contributed by atoms with Crippen molar-refractivity contribution in [2.75, 3.05) is 29.9 Å². The van der Waals surface area contributed by atoms with Crippen molar-refractivity contribution in [3.05, 3.63) is 82.5 Å². The number of anilines is 1. The molecule has 0 aliphatic carbocycles. The van der Waals surface area contributed by atoms with Crippen molar-refractivity contribution in [3.8, 4) is 0 Å². The third-order valence-electron chi connectivity index (χ3n) is 5.57. The van der Waals surface area contributed by atoms with E-state index in [2.05, 4.69) is 42.3 Å². The first-order chi connectivity index (χ1) is 15.9. The van der Waals surface area contributed by atoms with Crippen LogP contribution >= 0.6 is 23.5 Å². The second-order valence-electron chi connectivity index (χ2n) is 8.12. The van der Waals surface area contributed by atoms with Gasteiger partial charge in [0.1, 0.15) is 5.03 Å². The molecule has 2 aromatic carbocycles. The van der Waals surface area contributed by atoms with Crippen LogP contribution in [0.15, 0.2) is 64.6 Å². The summed E-state index contributed by atoms with van der Waals surface area (Å²) in [7, 11) is 0. The zero-order valence-electron chi connectivity index (χ0n) is 19.1. The minimum Gasteiger partial charge on any atom is -0.337 e. The summed E-state index contributed by atoms with van der Waals surface area (Å²) in [5.74, 6) is 1.79. The van der Waals surface area contributed by atoms with Crippen LogP contribution in [0.2, 0.25) is 0 Å². The van der Waals surface area contributed by atoms with Gasteiger partial charge in [-0.25, -0.2) is 4.98 Å². The minimum absolute atomic E-state index is 0.0516. The van der Waals surface area contributed by atoms with Crippen molar-refractivity contribution in [1.29, 1.82) is 0 Å². The highest BCUT2D eigenvalue weighted by Gasteiger charge is 2.20. The summed E-state index contributed by atoms with van der Waals surface area (Å²) >= 11 is 3.37. The number of nitrogens with one attached hydrogen (secondary N) is 1. The number of thioether (sulfide) groups is 1. The van der Waals surface area contributed by atoms with Gasteiger partial charge in [0.2, 0.25) is 0 Å². The first-order valence-corrected chi connectivity index (χ1v) is 12.9. The molecule has 0 radical (unpaired) electrons. The number of pyridine rings is 1. The van der Waals surface area contributed by atoms with Crippen LogP contribution in [0.25, 0.3) is 0 Å². The molecule has 1 saturated heterocycles. The number of amides is 2. The summed E-state index contributed by atoms with van der Waals surface area (Å²) in [5.41, 5.74) is 5.08. The van der Waals surface area contributed by atoms with E-state index in [1.165, 1.54) is 17.3 Å². The van der Waals surface area contributed by atoms with E-state index >= 15 is 0 Å². The molecule has 1 aliphatic heterocycles. The van der Waals surface area contributed by atoms with Crippen LogP contribution in [0.4, 0.5) is 5.69 Å². The minimum atomic E-state index is -0.217. The van der Waals surface area contributed by atoms with E-state index in [1.54, 1.807) is 24.4 Å². The lowest BCUT2D eigenvalue weighted by Crippen LogP contribution is -2.37. The number of aromatic nitrogens is 1. The Balaban J connectivity index is 1.51. The SMILES string of the molecule is Cc1ccc(Sc2ncccc2C(=O)Nc2ccc(C(=O)N3CCSCC3)cc2C)c(C)c1. The highest BCUT2D eigenvalue weighted by Crippen LogP contribution is 2.32. The summed E-state index contributed by atoms with van der Waals surface area (Å²) in [6, 6.07) is 15.3. The largest absolute Gasteiger partial charge is 0.337 e. The van der Waals surface area contributed by atoms with Gasteiger partial charge in [0.05, 0.1) is 5.56 Å². The molecule has 33 heavy (non-hydrogen) atoms. The van der Waals surface area contributed by atoms with Crippen LogP contribution in [0.3, 0.4) is 0 Å². The molecule has 0 bridgehead atoms. The highest BCUT2D eigenvalue weighted by molar-refractivity contribution is 7.99. The van der Waals surface area contributed by atoms with Gasteiger partial charge in [-0.1, -0.05) is 29.5 Å². The van der Waals surface area contributed by atoms with Gasteiger partial charge in [0.15, 0.2) is 0 Å². The fourth-order valence-corrected chi connectivity index (χ4v) is 5.59. The molecule has 0 spiro atoms. The Bertz CT molecular complexity index is 1190. The molecule has 0 saturated carbocycles. The third kappa shape index (κ3) is 5.60. The Hall–Kier alpha value is -2.77. The fraction of sp³-hybridized carbons (Fsp3) is 0.269. The Morgan fingerprint density at radius 1 is 1.00 bits per heavy atom. The number of rotatable bonds is 5. The Morgan fingerprint density at radius 2 is 1.79 bits per heavy atom. The number of hydrogen-bond acceptors (Lipinski definition) is 5. The second-order valence-corrected chi connectivity index (χ2v) is 10.4. The van der Waals surface area contributed by atoms with Crippen LogP contribution in [-0.2, 0) is 0 Å². The number of benzene rings is 2. The lowest BCUT2D eigenvalue weighted by Gasteiger charge is -2.26. The summed E-state index contributed by atoms with van der Waals surface area (Å²) in [6.07, 6.45) is 1.70. The topological polar surface area (TPSA) is 62.3 Å². The summed E-state index contributed by atoms with van der Waals surface area (Å²) in [6.45, 7) is 7.60. The van der Waals surface area contributed by atoms with Gasteiger partial charge in [-0.05, 0) is 68.3 Å². The molecule has 1 aromatic heterocycles. The van der Waals surface area contributed by atoms with Gasteiger partial charge < -0.3 is 10.2 Å². The van der Waals surface area contributed by atoms with E-state index in [0.29, 0.717) is 21.8 Å². The molecule has 0 unspecified atom stereocenters. The molecule has 1 N–H and O–H groups in total. The fourth-order valence-electron chi connectivity index (χ4n) is 3.74. The number of nitrogens with zero attached hydrogens (tertiary/aromatic N) is 2. The van der Waals surface area contributed by atoms with Crippen LogP contribution < -0.4 is 5.32 Å². The smallest absolute Gasteiger partial charge is 0.258 e. The molecule has 1 fully saturated rings. The number of hydrogen-bond donors (Lipinski definition) is 1. The average molecular weight is 478 g/mol. The standard InChI is InChI=1S/C26H27N3O2S2/c1-17-6-9-23(19(3)15-17)33-25-21(5-4-10-27-25)24(30)28-22-8-7-20(16-18(22)2)26(31)29-11-13-32-14-12-29/h4-10,15-16H,11-14H2,1-3H3,(H,28,30). The molecule has 3 aromatic rings. The Kier molecular flexibility index (Phi) is 7.40. The van der Waals surface area contributed by atoms with Crippen molar-refractivity contribution in [3.63, 3.8) is 0 Å². The summed E-state index contributed by atoms with van der Waals surface area (Å²) in [5, 5.41) is 3.66. The molecule has 0 atom stereocenters. The predicted octanol–water partition coefficient (Wildman–Crippen LogP) is 5.60. The first kappa shape index (κ1) is 23.4. The van der Waals surface area contributed by atoms with Crippen LogP contribution in [0, 0.1) is 20.8 Å². The van der Waals surface area contributed by atoms with Gasteiger partial charge in [0.25, 0.3) is 11.8 Å². The van der Waals surface area contributed by atoms with Crippen molar-refractivity contribution < 1.29 is 9.59 Å². The number of carbonyl (C=O) groups excluding carboxylic acids is 2. The lowest BCUT2D eigenvalue weighted by molar-refractivity contribution is 0.0772. The maximum atomic E-state index is 13.1. The van der Waals surface area contributed by atoms with E-state index in [0.717, 1.165) is 40.6 Å². The van der Waals surface area contributed by atoms with Crippen molar-refractivity contribution >= 4 is 41.0 Å². The van der Waals surface area contributed by atoms with Gasteiger partial charge in [-0.2, -0.15) is 11.8 Å². The van der Waals surface area contributed by atoms with Crippen LogP contribution in [0.5, 0.6) is 0 Å². The molecule has 2 amide bonds. The molecule has 2 heterocycles. The van der Waals surface area contributed by atoms with Crippen LogP contribution in [0.1, 0.15) is 37.4 Å². The normalized spacial score (nSPS) is 13.6. The summed E-state index contributed by atoms with van der Waals surface area (Å²) in [4.78, 5) is 33.4. The Labute approximate surface area is 203 Å². The summed E-state index contributed by atoms with van der Waals surface area (Å²) < 4.78 is 0. The van der Waals surface area contributed by atoms with Crippen molar-refractivity contribution in [2.45, 2.75) is 30.7 Å². The maximum Gasteiger partial charge on any atom is 0.258 e. The monoisotopic (exact) mass is 477 g/mol. The average Bonchev–Trinajstić information content (AvgIpc) is 2.82. The maximum absolute atomic E-state index is 13.1. The van der Waals surface area contributed by atoms with E-state index in [9.17, 15) is 9.59 Å². The van der Waals surface area contributed by atoms with E-state index in [-0.39, 0.29) is 11.8 Å². The van der Waals surface area contributed by atoms with E-state index in [1.807, 2.05) is 35.7 Å². The first-order valence-electron chi connectivity index (χ1n) is 10.9. The van der Waals surface area contributed by atoms with E-state index < -0.39 is 0 Å². The van der Waals surface area contributed by atoms with Crippen LogP contribution in [-0.4, -0.2) is 46.3 Å². The van der Waals surface area contributed by atoms with Crippen molar-refractivity contribution in [2.24, 2.45) is 0 Å². The lowest BCUT2D eigenvalue weighted by atomic mass is 10.1. The molecule has 4 rings (SSSR count). The van der Waals surface area contributed by atoms with Gasteiger partial charge in [-0.3, -0.25) is 9.59 Å². The van der Waals surface area contributed by atoms with Gasteiger partial charge >= 0.3 is 0 Å². The zero-order valence-corrected chi connectivity index (χ0v) is 20.7. The molecule has 5 nitrogen and oxygen atoms in total. The van der Waals surface area contributed by atoms with Gasteiger partial charge in [-0.15, -0.1) is 0 Å². The number of aryl methyl sites for hydroxylation is 3. The molecule has 7 heteroatoms. The zero-order chi connectivity index (χ0) is 23.4. The quantitative estimate of drug-likeness (QED) is 0.518. The highest BCUT2D eigenvalue weighted by atomic mass is 32.2. The number of carbonyl (C=O) groups is 2. The molecule has 1 aliphatic rings.